The number of anilines is 1. The summed E-state index contributed by atoms with van der Waals surface area (Å²) in [5.74, 6) is -0.581. The summed E-state index contributed by atoms with van der Waals surface area (Å²) in [6.07, 6.45) is 0.405. The molecule has 1 N–H and O–H groups in total. The van der Waals surface area contributed by atoms with Gasteiger partial charge in [0.05, 0.1) is 25.7 Å². The quantitative estimate of drug-likeness (QED) is 0.478. The standard InChI is InChI=1S/C33H42N2O6/c1-19-13-22(14-28(38-4)20(19)2)32(36)41-29-15-23(21(3)30(31(29)39-5)33(37)40-6)17-35-12-11-25-24(18-35)16-34-27-10-8-7-9-26(25)27/h7-10,13-14,21,23,29-31,34H,11-12,15-18H2,1-6H3/t21-,23+,29+,30-,31-/m0/s1. The number of aryl methyl sites for hydroxylation is 1. The second-order valence-corrected chi connectivity index (χ2v) is 11.6. The summed E-state index contributed by atoms with van der Waals surface area (Å²) in [5.41, 5.74) is 7.74. The Morgan fingerprint density at radius 1 is 1.10 bits per heavy atom. The second-order valence-electron chi connectivity index (χ2n) is 11.6. The molecule has 1 aliphatic carbocycles. The molecule has 2 aliphatic heterocycles. The zero-order valence-corrected chi connectivity index (χ0v) is 25.0. The van der Waals surface area contributed by atoms with Crippen molar-refractivity contribution in [3.05, 3.63) is 64.2 Å². The van der Waals surface area contributed by atoms with Crippen molar-refractivity contribution in [2.45, 2.75) is 45.8 Å². The first-order valence-electron chi connectivity index (χ1n) is 14.5. The van der Waals surface area contributed by atoms with Crippen LogP contribution in [0.25, 0.3) is 5.57 Å². The molecule has 2 aromatic carbocycles. The third-order valence-electron chi connectivity index (χ3n) is 9.40. The Morgan fingerprint density at radius 2 is 1.88 bits per heavy atom. The van der Waals surface area contributed by atoms with Gasteiger partial charge in [-0.05, 0) is 79.0 Å². The predicted octanol–water partition coefficient (Wildman–Crippen LogP) is 4.88. The van der Waals surface area contributed by atoms with Gasteiger partial charge in [0, 0.05) is 44.5 Å². The van der Waals surface area contributed by atoms with Crippen LogP contribution in [0.15, 0.2) is 42.0 Å². The van der Waals surface area contributed by atoms with Crippen LogP contribution in [0.3, 0.4) is 0 Å². The third-order valence-corrected chi connectivity index (χ3v) is 9.40. The molecule has 2 heterocycles. The summed E-state index contributed by atoms with van der Waals surface area (Å²) in [5, 5.41) is 3.57. The highest BCUT2D eigenvalue weighted by atomic mass is 16.6. The number of carbonyl (C=O) groups is 2. The van der Waals surface area contributed by atoms with E-state index in [-0.39, 0.29) is 17.8 Å². The molecule has 3 aliphatic rings. The number of nitrogens with one attached hydrogen (secondary N) is 1. The number of carbonyl (C=O) groups excluding carboxylic acids is 2. The van der Waals surface area contributed by atoms with E-state index in [2.05, 4.69) is 41.4 Å². The highest BCUT2D eigenvalue weighted by Gasteiger charge is 2.49. The lowest BCUT2D eigenvalue weighted by Crippen LogP contribution is -2.54. The summed E-state index contributed by atoms with van der Waals surface area (Å²) in [6, 6.07) is 12.0. The number of esters is 2. The van der Waals surface area contributed by atoms with Crippen molar-refractivity contribution in [3.63, 3.8) is 0 Å². The van der Waals surface area contributed by atoms with Crippen LogP contribution in [-0.2, 0) is 19.0 Å². The molecule has 8 nitrogen and oxygen atoms in total. The lowest BCUT2D eigenvalue weighted by Gasteiger charge is -2.45. The molecule has 2 aromatic rings. The van der Waals surface area contributed by atoms with E-state index in [0.29, 0.717) is 17.7 Å². The Labute approximate surface area is 243 Å². The molecule has 0 aromatic heterocycles. The number of methoxy groups -OCH3 is 3. The first-order chi connectivity index (χ1) is 19.7. The summed E-state index contributed by atoms with van der Waals surface area (Å²) in [6.45, 7) is 9.47. The highest BCUT2D eigenvalue weighted by Crippen LogP contribution is 2.41. The number of fused-ring (bicyclic) bond motifs is 2. The van der Waals surface area contributed by atoms with Crippen molar-refractivity contribution in [2.24, 2.45) is 17.8 Å². The van der Waals surface area contributed by atoms with Crippen molar-refractivity contribution in [3.8, 4) is 5.75 Å². The molecule has 220 valence electrons. The highest BCUT2D eigenvalue weighted by molar-refractivity contribution is 5.90. The van der Waals surface area contributed by atoms with Gasteiger partial charge >= 0.3 is 11.9 Å². The third kappa shape index (κ3) is 5.72. The van der Waals surface area contributed by atoms with Gasteiger partial charge in [-0.3, -0.25) is 9.69 Å². The van der Waals surface area contributed by atoms with Gasteiger partial charge in [-0.2, -0.15) is 0 Å². The van der Waals surface area contributed by atoms with Crippen LogP contribution in [0.5, 0.6) is 5.75 Å². The Bertz CT molecular complexity index is 1340. The first-order valence-corrected chi connectivity index (χ1v) is 14.5. The SMILES string of the molecule is COC(=O)[C@H]1[C@@H](C)[C@@H](CN2CCC3=C(CNc4ccccc43)C2)C[C@@H](OC(=O)c2cc(C)c(C)c(OC)c2)[C@@H]1OC. The van der Waals surface area contributed by atoms with Gasteiger partial charge in [-0.15, -0.1) is 0 Å². The van der Waals surface area contributed by atoms with Gasteiger partial charge in [-0.25, -0.2) is 4.79 Å². The van der Waals surface area contributed by atoms with Gasteiger partial charge in [-0.1, -0.05) is 25.1 Å². The van der Waals surface area contributed by atoms with Crippen LogP contribution in [0.4, 0.5) is 5.69 Å². The van der Waals surface area contributed by atoms with E-state index in [1.807, 2.05) is 19.9 Å². The number of nitrogens with zero attached hydrogens (tertiary/aromatic N) is 1. The molecule has 5 rings (SSSR count). The van der Waals surface area contributed by atoms with Crippen LogP contribution in [0, 0.1) is 31.6 Å². The van der Waals surface area contributed by atoms with Crippen LogP contribution >= 0.6 is 0 Å². The summed E-state index contributed by atoms with van der Waals surface area (Å²) >= 11 is 0. The van der Waals surface area contributed by atoms with Crippen molar-refractivity contribution in [2.75, 3.05) is 52.8 Å². The van der Waals surface area contributed by atoms with Gasteiger partial charge in [0.2, 0.25) is 0 Å². The number of rotatable bonds is 7. The van der Waals surface area contributed by atoms with Crippen LogP contribution in [0.2, 0.25) is 0 Å². The van der Waals surface area contributed by atoms with Gasteiger partial charge < -0.3 is 24.3 Å². The van der Waals surface area contributed by atoms with Crippen molar-refractivity contribution >= 4 is 23.2 Å². The smallest absolute Gasteiger partial charge is 0.338 e. The molecule has 0 bridgehead atoms. The number of ether oxygens (including phenoxy) is 4. The molecular weight excluding hydrogens is 520 g/mol. The minimum atomic E-state index is -0.596. The largest absolute Gasteiger partial charge is 0.496 e. The van der Waals surface area contributed by atoms with E-state index in [1.54, 1.807) is 20.3 Å². The molecule has 0 spiro atoms. The number of benzene rings is 2. The van der Waals surface area contributed by atoms with Crippen LogP contribution < -0.4 is 10.1 Å². The Kier molecular flexibility index (Phi) is 8.71. The molecular formula is C33H42N2O6. The van der Waals surface area contributed by atoms with E-state index in [0.717, 1.165) is 43.7 Å². The zero-order valence-electron chi connectivity index (χ0n) is 25.0. The number of para-hydroxylation sites is 1. The monoisotopic (exact) mass is 562 g/mol. The normalized spacial score (nSPS) is 26.0. The van der Waals surface area contributed by atoms with Crippen LogP contribution in [0.1, 0.15) is 46.8 Å². The molecule has 1 fully saturated rings. The molecule has 0 amide bonds. The molecule has 1 saturated carbocycles. The minimum absolute atomic E-state index is 0.00958. The predicted molar refractivity (Wildman–Crippen MR) is 158 cm³/mol. The Balaban J connectivity index is 1.36. The van der Waals surface area contributed by atoms with Gasteiger partial charge in [0.25, 0.3) is 0 Å². The van der Waals surface area contributed by atoms with E-state index >= 15 is 0 Å². The van der Waals surface area contributed by atoms with Crippen molar-refractivity contribution in [1.82, 2.24) is 4.90 Å². The molecule has 0 saturated heterocycles. The average Bonchev–Trinajstić information content (AvgIpc) is 2.99. The first kappa shape index (κ1) is 29.1. The topological polar surface area (TPSA) is 86.3 Å². The maximum Gasteiger partial charge on any atom is 0.338 e. The molecule has 5 atom stereocenters. The Morgan fingerprint density at radius 3 is 2.61 bits per heavy atom. The van der Waals surface area contributed by atoms with Gasteiger partial charge in [0.1, 0.15) is 18.0 Å². The van der Waals surface area contributed by atoms with E-state index < -0.39 is 24.1 Å². The van der Waals surface area contributed by atoms with Crippen LogP contribution in [-0.4, -0.2) is 76.6 Å². The Hall–Kier alpha value is -3.36. The number of hydrogen-bond acceptors (Lipinski definition) is 8. The minimum Gasteiger partial charge on any atom is -0.496 e. The maximum atomic E-state index is 13.4. The van der Waals surface area contributed by atoms with E-state index in [9.17, 15) is 9.59 Å². The summed E-state index contributed by atoms with van der Waals surface area (Å²) in [7, 11) is 4.56. The van der Waals surface area contributed by atoms with Crippen molar-refractivity contribution < 1.29 is 28.5 Å². The fourth-order valence-electron chi connectivity index (χ4n) is 6.94. The molecule has 0 radical (unpaired) electrons. The second kappa shape index (κ2) is 12.2. The zero-order chi connectivity index (χ0) is 29.3. The average molecular weight is 563 g/mol. The summed E-state index contributed by atoms with van der Waals surface area (Å²) < 4.78 is 22.7. The van der Waals surface area contributed by atoms with E-state index in [1.165, 1.54) is 29.5 Å². The lowest BCUT2D eigenvalue weighted by molar-refractivity contribution is -0.169. The molecule has 8 heteroatoms. The number of hydrogen-bond donors (Lipinski definition) is 1. The lowest BCUT2D eigenvalue weighted by atomic mass is 9.69. The molecule has 41 heavy (non-hydrogen) atoms. The van der Waals surface area contributed by atoms with E-state index in [4.69, 9.17) is 18.9 Å². The summed E-state index contributed by atoms with van der Waals surface area (Å²) in [4.78, 5) is 29.0. The maximum absolute atomic E-state index is 13.4. The fourth-order valence-corrected chi connectivity index (χ4v) is 6.94. The van der Waals surface area contributed by atoms with Crippen molar-refractivity contribution in [1.29, 1.82) is 0 Å². The fraction of sp³-hybridized carbons (Fsp3) is 0.515. The van der Waals surface area contributed by atoms with Gasteiger partial charge in [0.15, 0.2) is 0 Å². The molecule has 0 unspecified atom stereocenters.